The van der Waals surface area contributed by atoms with Gasteiger partial charge in [-0.25, -0.2) is 0 Å². The summed E-state index contributed by atoms with van der Waals surface area (Å²) in [6.45, 7) is 3.40. The first kappa shape index (κ1) is 14.5. The zero-order chi connectivity index (χ0) is 13.4. The summed E-state index contributed by atoms with van der Waals surface area (Å²) in [5.74, 6) is 0.644. The van der Waals surface area contributed by atoms with Gasteiger partial charge in [-0.05, 0) is 46.1 Å². The second-order valence-corrected chi connectivity index (χ2v) is 4.52. The monoisotopic (exact) mass is 250 g/mol. The highest BCUT2D eigenvalue weighted by Crippen LogP contribution is 2.10. The number of rotatable bonds is 7. The van der Waals surface area contributed by atoms with Gasteiger partial charge in [0.15, 0.2) is 6.10 Å². The Hall–Kier alpha value is -1.55. The van der Waals surface area contributed by atoms with Crippen LogP contribution in [-0.4, -0.2) is 44.1 Å². The quantitative estimate of drug-likeness (QED) is 0.746. The molecule has 4 nitrogen and oxygen atoms in total. The molecule has 1 N–H and O–H groups in total. The molecule has 100 valence electrons. The molecule has 0 saturated carbocycles. The van der Waals surface area contributed by atoms with E-state index in [4.69, 9.17) is 4.74 Å². The zero-order valence-electron chi connectivity index (χ0n) is 11.3. The van der Waals surface area contributed by atoms with Gasteiger partial charge in [-0.2, -0.15) is 0 Å². The van der Waals surface area contributed by atoms with Gasteiger partial charge in [-0.3, -0.25) is 4.79 Å². The summed E-state index contributed by atoms with van der Waals surface area (Å²) < 4.78 is 5.53. The normalized spacial score (nSPS) is 12.2. The standard InChI is InChI=1S/C14H22N2O2/c1-12(18-13-8-5-4-6-9-13)14(17)15-10-7-11-16(2)3/h4-6,8-9,12H,7,10-11H2,1-3H3,(H,15,17). The maximum Gasteiger partial charge on any atom is 0.260 e. The van der Waals surface area contributed by atoms with Crippen LogP contribution in [0.15, 0.2) is 30.3 Å². The Labute approximate surface area is 109 Å². The van der Waals surface area contributed by atoms with Crippen molar-refractivity contribution in [2.24, 2.45) is 0 Å². The lowest BCUT2D eigenvalue weighted by molar-refractivity contribution is -0.127. The number of para-hydroxylation sites is 1. The first-order valence-electron chi connectivity index (χ1n) is 6.23. The maximum atomic E-state index is 11.7. The highest BCUT2D eigenvalue weighted by Gasteiger charge is 2.13. The molecular weight excluding hydrogens is 228 g/mol. The van der Waals surface area contributed by atoms with E-state index in [0.717, 1.165) is 13.0 Å². The third-order valence-electron chi connectivity index (χ3n) is 2.51. The van der Waals surface area contributed by atoms with E-state index in [1.807, 2.05) is 44.4 Å². The van der Waals surface area contributed by atoms with Crippen molar-refractivity contribution >= 4 is 5.91 Å². The molecule has 18 heavy (non-hydrogen) atoms. The first-order chi connectivity index (χ1) is 8.59. The Morgan fingerprint density at radius 1 is 1.33 bits per heavy atom. The van der Waals surface area contributed by atoms with E-state index in [-0.39, 0.29) is 5.91 Å². The van der Waals surface area contributed by atoms with Gasteiger partial charge in [0.05, 0.1) is 0 Å². The molecule has 1 unspecified atom stereocenters. The predicted octanol–water partition coefficient (Wildman–Crippen LogP) is 1.52. The zero-order valence-corrected chi connectivity index (χ0v) is 11.3. The lowest BCUT2D eigenvalue weighted by Gasteiger charge is -2.15. The van der Waals surface area contributed by atoms with E-state index < -0.39 is 6.10 Å². The number of amides is 1. The minimum Gasteiger partial charge on any atom is -0.481 e. The van der Waals surface area contributed by atoms with Crippen LogP contribution in [0.5, 0.6) is 5.75 Å². The highest BCUT2D eigenvalue weighted by molar-refractivity contribution is 5.80. The molecule has 1 aromatic carbocycles. The maximum absolute atomic E-state index is 11.7. The molecule has 0 aliphatic carbocycles. The molecule has 0 saturated heterocycles. The van der Waals surface area contributed by atoms with E-state index in [1.54, 1.807) is 6.92 Å². The fourth-order valence-corrected chi connectivity index (χ4v) is 1.51. The molecule has 1 atom stereocenters. The van der Waals surface area contributed by atoms with Gasteiger partial charge in [0.2, 0.25) is 0 Å². The van der Waals surface area contributed by atoms with Crippen LogP contribution >= 0.6 is 0 Å². The van der Waals surface area contributed by atoms with Crippen molar-refractivity contribution in [3.05, 3.63) is 30.3 Å². The summed E-state index contributed by atoms with van der Waals surface area (Å²) >= 11 is 0. The Kier molecular flexibility index (Phi) is 6.22. The van der Waals surface area contributed by atoms with Gasteiger partial charge < -0.3 is 15.0 Å². The Morgan fingerprint density at radius 2 is 2.00 bits per heavy atom. The van der Waals surface area contributed by atoms with Crippen molar-refractivity contribution in [1.82, 2.24) is 10.2 Å². The van der Waals surface area contributed by atoms with Crippen LogP contribution in [0.2, 0.25) is 0 Å². The molecule has 0 bridgehead atoms. The second kappa shape index (κ2) is 7.71. The van der Waals surface area contributed by atoms with Crippen molar-refractivity contribution in [1.29, 1.82) is 0 Å². The van der Waals surface area contributed by atoms with E-state index in [0.29, 0.717) is 12.3 Å². The minimum absolute atomic E-state index is 0.0717. The number of ether oxygens (including phenoxy) is 1. The van der Waals surface area contributed by atoms with Gasteiger partial charge in [-0.1, -0.05) is 18.2 Å². The van der Waals surface area contributed by atoms with E-state index in [1.165, 1.54) is 0 Å². The third-order valence-corrected chi connectivity index (χ3v) is 2.51. The molecule has 1 aromatic rings. The van der Waals surface area contributed by atoms with Gasteiger partial charge in [0.25, 0.3) is 5.91 Å². The van der Waals surface area contributed by atoms with Crippen LogP contribution in [-0.2, 0) is 4.79 Å². The van der Waals surface area contributed by atoms with Crippen molar-refractivity contribution in [3.8, 4) is 5.75 Å². The summed E-state index contributed by atoms with van der Waals surface area (Å²) in [6, 6.07) is 9.37. The number of nitrogens with zero attached hydrogens (tertiary/aromatic N) is 1. The summed E-state index contributed by atoms with van der Waals surface area (Å²) in [4.78, 5) is 13.8. The molecule has 4 heteroatoms. The molecule has 1 amide bonds. The lowest BCUT2D eigenvalue weighted by atomic mass is 10.3. The molecule has 0 aliphatic heterocycles. The van der Waals surface area contributed by atoms with Crippen LogP contribution < -0.4 is 10.1 Å². The molecule has 0 aliphatic rings. The Morgan fingerprint density at radius 3 is 2.61 bits per heavy atom. The van der Waals surface area contributed by atoms with Gasteiger partial charge >= 0.3 is 0 Å². The van der Waals surface area contributed by atoms with E-state index in [9.17, 15) is 4.79 Å². The molecule has 1 rings (SSSR count). The number of carbonyl (C=O) groups excluding carboxylic acids is 1. The van der Waals surface area contributed by atoms with Crippen LogP contribution in [0, 0.1) is 0 Å². The van der Waals surface area contributed by atoms with Crippen molar-refractivity contribution in [2.75, 3.05) is 27.2 Å². The molecule has 0 heterocycles. The third kappa shape index (κ3) is 5.68. The summed E-state index contributed by atoms with van der Waals surface area (Å²) in [5.41, 5.74) is 0. The molecule has 0 aromatic heterocycles. The fraction of sp³-hybridized carbons (Fsp3) is 0.500. The number of hydrogen-bond acceptors (Lipinski definition) is 3. The van der Waals surface area contributed by atoms with Crippen molar-refractivity contribution in [2.45, 2.75) is 19.4 Å². The average molecular weight is 250 g/mol. The Balaban J connectivity index is 2.25. The summed E-state index contributed by atoms with van der Waals surface area (Å²) in [7, 11) is 4.03. The molecule has 0 radical (unpaired) electrons. The van der Waals surface area contributed by atoms with E-state index >= 15 is 0 Å². The second-order valence-electron chi connectivity index (χ2n) is 4.52. The van der Waals surface area contributed by atoms with Crippen LogP contribution in [0.4, 0.5) is 0 Å². The average Bonchev–Trinajstić information content (AvgIpc) is 2.35. The van der Waals surface area contributed by atoms with E-state index in [2.05, 4.69) is 10.2 Å². The fourth-order valence-electron chi connectivity index (χ4n) is 1.51. The summed E-state index contributed by atoms with van der Waals surface area (Å²) in [6.07, 6.45) is 0.475. The number of benzene rings is 1. The Bertz CT molecular complexity index is 352. The van der Waals surface area contributed by atoms with Crippen LogP contribution in [0.3, 0.4) is 0 Å². The molecule has 0 spiro atoms. The SMILES string of the molecule is CC(Oc1ccccc1)C(=O)NCCCN(C)C. The number of carbonyl (C=O) groups is 1. The van der Waals surface area contributed by atoms with Crippen LogP contribution in [0.25, 0.3) is 0 Å². The summed E-state index contributed by atoms with van der Waals surface area (Å²) in [5, 5.41) is 2.87. The van der Waals surface area contributed by atoms with Gasteiger partial charge in [0, 0.05) is 6.54 Å². The van der Waals surface area contributed by atoms with Crippen LogP contribution in [0.1, 0.15) is 13.3 Å². The minimum atomic E-state index is -0.466. The molecule has 0 fully saturated rings. The van der Waals surface area contributed by atoms with Gasteiger partial charge in [-0.15, -0.1) is 0 Å². The first-order valence-corrected chi connectivity index (χ1v) is 6.23. The predicted molar refractivity (Wildman–Crippen MR) is 72.7 cm³/mol. The number of nitrogens with one attached hydrogen (secondary N) is 1. The highest BCUT2D eigenvalue weighted by atomic mass is 16.5. The largest absolute Gasteiger partial charge is 0.481 e. The number of hydrogen-bond donors (Lipinski definition) is 1. The lowest BCUT2D eigenvalue weighted by Crippen LogP contribution is -2.37. The molecular formula is C14H22N2O2. The van der Waals surface area contributed by atoms with Crippen molar-refractivity contribution in [3.63, 3.8) is 0 Å². The topological polar surface area (TPSA) is 41.6 Å². The van der Waals surface area contributed by atoms with Gasteiger partial charge in [0.1, 0.15) is 5.75 Å². The van der Waals surface area contributed by atoms with Crippen molar-refractivity contribution < 1.29 is 9.53 Å². The smallest absolute Gasteiger partial charge is 0.260 e.